The Morgan fingerprint density at radius 2 is 2.24 bits per heavy atom. The zero-order valence-corrected chi connectivity index (χ0v) is 12.3. The van der Waals surface area contributed by atoms with Gasteiger partial charge in [0.2, 0.25) is 0 Å². The smallest absolute Gasteiger partial charge is 0.330 e. The number of benzene rings is 1. The van der Waals surface area contributed by atoms with Crippen LogP contribution in [0.15, 0.2) is 30.6 Å². The van der Waals surface area contributed by atoms with Gasteiger partial charge in [0.25, 0.3) is 0 Å². The van der Waals surface area contributed by atoms with E-state index in [1.165, 1.54) is 0 Å². The topological polar surface area (TPSA) is 83.0 Å². The van der Waals surface area contributed by atoms with Crippen LogP contribution in [0.2, 0.25) is 0 Å². The second-order valence-corrected chi connectivity index (χ2v) is 4.73. The number of esters is 1. The first kappa shape index (κ1) is 15.0. The summed E-state index contributed by atoms with van der Waals surface area (Å²) in [7, 11) is 0. The number of nitrogens with two attached hydrogens (primary N) is 1. The van der Waals surface area contributed by atoms with Crippen LogP contribution in [0.25, 0.3) is 11.4 Å². The van der Waals surface area contributed by atoms with Gasteiger partial charge in [0.1, 0.15) is 6.33 Å². The number of anilines is 1. The fourth-order valence-corrected chi connectivity index (χ4v) is 2.11. The fourth-order valence-electron chi connectivity index (χ4n) is 2.11. The van der Waals surface area contributed by atoms with Crippen LogP contribution >= 0.6 is 0 Å². The van der Waals surface area contributed by atoms with Crippen LogP contribution < -0.4 is 5.73 Å². The van der Waals surface area contributed by atoms with Crippen molar-refractivity contribution in [1.82, 2.24) is 14.8 Å². The molecular formula is C15H20N4O2. The summed E-state index contributed by atoms with van der Waals surface area (Å²) < 4.78 is 6.67. The lowest BCUT2D eigenvalue weighted by atomic mass is 10.2. The molecule has 0 amide bonds. The molecule has 0 aliphatic rings. The molecule has 2 N–H and O–H groups in total. The highest BCUT2D eigenvalue weighted by atomic mass is 16.5. The highest BCUT2D eigenvalue weighted by Crippen LogP contribution is 2.20. The molecule has 0 bridgehead atoms. The second kappa shape index (κ2) is 6.88. The SMILES string of the molecule is CCCC(C(=O)OCC)n1cnc(-c2cccc(N)c2)n1. The maximum absolute atomic E-state index is 12.0. The quantitative estimate of drug-likeness (QED) is 0.652. The highest BCUT2D eigenvalue weighted by molar-refractivity contribution is 5.74. The molecule has 0 aliphatic carbocycles. The Morgan fingerprint density at radius 3 is 2.90 bits per heavy atom. The Kier molecular flexibility index (Phi) is 4.92. The average Bonchev–Trinajstić information content (AvgIpc) is 2.94. The zero-order chi connectivity index (χ0) is 15.2. The van der Waals surface area contributed by atoms with Crippen LogP contribution in [-0.2, 0) is 9.53 Å². The van der Waals surface area contributed by atoms with E-state index in [1.807, 2.05) is 19.1 Å². The molecule has 0 aliphatic heterocycles. The third-order valence-corrected chi connectivity index (χ3v) is 3.09. The van der Waals surface area contributed by atoms with Gasteiger partial charge in [0, 0.05) is 11.3 Å². The van der Waals surface area contributed by atoms with Crippen molar-refractivity contribution in [3.8, 4) is 11.4 Å². The minimum atomic E-state index is -0.433. The van der Waals surface area contributed by atoms with Crippen molar-refractivity contribution in [2.75, 3.05) is 12.3 Å². The van der Waals surface area contributed by atoms with Gasteiger partial charge < -0.3 is 10.5 Å². The van der Waals surface area contributed by atoms with Gasteiger partial charge in [-0.1, -0.05) is 25.5 Å². The maximum Gasteiger partial charge on any atom is 0.330 e. The molecular weight excluding hydrogens is 268 g/mol. The van der Waals surface area contributed by atoms with Crippen molar-refractivity contribution in [2.45, 2.75) is 32.7 Å². The van der Waals surface area contributed by atoms with Crippen LogP contribution in [-0.4, -0.2) is 27.3 Å². The molecule has 1 aromatic carbocycles. The summed E-state index contributed by atoms with van der Waals surface area (Å²) >= 11 is 0. The Bertz CT molecular complexity index is 609. The van der Waals surface area contributed by atoms with Gasteiger partial charge in [-0.2, -0.15) is 5.10 Å². The number of hydrogen-bond acceptors (Lipinski definition) is 5. The number of ether oxygens (including phenoxy) is 1. The standard InChI is InChI=1S/C15H20N4O2/c1-3-6-13(15(20)21-4-2)19-10-17-14(18-19)11-7-5-8-12(16)9-11/h5,7-10,13H,3-4,6,16H2,1-2H3. The molecule has 6 heteroatoms. The predicted octanol–water partition coefficient (Wildman–Crippen LogP) is 2.43. The third kappa shape index (κ3) is 3.59. The third-order valence-electron chi connectivity index (χ3n) is 3.09. The average molecular weight is 288 g/mol. The largest absolute Gasteiger partial charge is 0.464 e. The van der Waals surface area contributed by atoms with E-state index in [1.54, 1.807) is 30.1 Å². The molecule has 0 fully saturated rings. The Morgan fingerprint density at radius 1 is 1.43 bits per heavy atom. The number of nitrogens with zero attached hydrogens (tertiary/aromatic N) is 3. The molecule has 112 valence electrons. The number of rotatable bonds is 6. The van der Waals surface area contributed by atoms with Gasteiger partial charge in [-0.3, -0.25) is 0 Å². The molecule has 6 nitrogen and oxygen atoms in total. The van der Waals surface area contributed by atoms with Crippen molar-refractivity contribution >= 4 is 11.7 Å². The molecule has 1 atom stereocenters. The Balaban J connectivity index is 2.26. The summed E-state index contributed by atoms with van der Waals surface area (Å²) in [5, 5.41) is 4.39. The molecule has 1 aromatic heterocycles. The van der Waals surface area contributed by atoms with Crippen LogP contribution in [0.4, 0.5) is 5.69 Å². The highest BCUT2D eigenvalue weighted by Gasteiger charge is 2.22. The first-order valence-electron chi connectivity index (χ1n) is 7.09. The minimum Gasteiger partial charge on any atom is -0.464 e. The van der Waals surface area contributed by atoms with Gasteiger partial charge in [0.15, 0.2) is 11.9 Å². The van der Waals surface area contributed by atoms with E-state index in [9.17, 15) is 4.79 Å². The minimum absolute atomic E-state index is 0.275. The van der Waals surface area contributed by atoms with E-state index in [4.69, 9.17) is 10.5 Å². The van der Waals surface area contributed by atoms with Crippen LogP contribution in [0, 0.1) is 0 Å². The summed E-state index contributed by atoms with van der Waals surface area (Å²) in [6.07, 6.45) is 3.09. The van der Waals surface area contributed by atoms with Crippen molar-refractivity contribution in [2.24, 2.45) is 0 Å². The van der Waals surface area contributed by atoms with E-state index in [-0.39, 0.29) is 5.97 Å². The molecule has 0 radical (unpaired) electrons. The lowest BCUT2D eigenvalue weighted by Gasteiger charge is -2.14. The molecule has 0 saturated carbocycles. The van der Waals surface area contributed by atoms with Crippen molar-refractivity contribution in [3.63, 3.8) is 0 Å². The first-order chi connectivity index (χ1) is 10.2. The Labute approximate surface area is 123 Å². The monoisotopic (exact) mass is 288 g/mol. The molecule has 1 heterocycles. The van der Waals surface area contributed by atoms with Gasteiger partial charge in [-0.25, -0.2) is 14.5 Å². The maximum atomic E-state index is 12.0. The zero-order valence-electron chi connectivity index (χ0n) is 12.3. The van der Waals surface area contributed by atoms with Crippen LogP contribution in [0.1, 0.15) is 32.7 Å². The van der Waals surface area contributed by atoms with E-state index in [2.05, 4.69) is 10.1 Å². The number of hydrogen-bond donors (Lipinski definition) is 1. The molecule has 0 saturated heterocycles. The summed E-state index contributed by atoms with van der Waals surface area (Å²) in [4.78, 5) is 16.3. The Hall–Kier alpha value is -2.37. The lowest BCUT2D eigenvalue weighted by molar-refractivity contribution is -0.147. The number of carbonyl (C=O) groups excluding carboxylic acids is 1. The predicted molar refractivity (Wildman–Crippen MR) is 80.4 cm³/mol. The molecule has 1 unspecified atom stereocenters. The van der Waals surface area contributed by atoms with Crippen molar-refractivity contribution in [1.29, 1.82) is 0 Å². The van der Waals surface area contributed by atoms with Crippen LogP contribution in [0.3, 0.4) is 0 Å². The van der Waals surface area contributed by atoms with E-state index < -0.39 is 6.04 Å². The normalized spacial score (nSPS) is 12.1. The molecule has 2 aromatic rings. The van der Waals surface area contributed by atoms with E-state index in [0.29, 0.717) is 24.5 Å². The number of carbonyl (C=O) groups is 1. The molecule has 2 rings (SSSR count). The van der Waals surface area contributed by atoms with E-state index in [0.717, 1.165) is 12.0 Å². The summed E-state index contributed by atoms with van der Waals surface area (Å²) in [5.74, 6) is 0.274. The van der Waals surface area contributed by atoms with Gasteiger partial charge in [-0.15, -0.1) is 0 Å². The summed E-state index contributed by atoms with van der Waals surface area (Å²) in [6, 6.07) is 6.91. The number of aromatic nitrogens is 3. The fraction of sp³-hybridized carbons (Fsp3) is 0.400. The van der Waals surface area contributed by atoms with Gasteiger partial charge >= 0.3 is 5.97 Å². The van der Waals surface area contributed by atoms with Crippen molar-refractivity contribution < 1.29 is 9.53 Å². The lowest BCUT2D eigenvalue weighted by Crippen LogP contribution is -2.22. The second-order valence-electron chi connectivity index (χ2n) is 4.73. The van der Waals surface area contributed by atoms with Gasteiger partial charge in [-0.05, 0) is 25.5 Å². The molecule has 21 heavy (non-hydrogen) atoms. The number of nitrogen functional groups attached to an aromatic ring is 1. The summed E-state index contributed by atoms with van der Waals surface area (Å²) in [5.41, 5.74) is 7.24. The van der Waals surface area contributed by atoms with Gasteiger partial charge in [0.05, 0.1) is 6.61 Å². The van der Waals surface area contributed by atoms with E-state index >= 15 is 0 Å². The van der Waals surface area contributed by atoms with Crippen LogP contribution in [0.5, 0.6) is 0 Å². The van der Waals surface area contributed by atoms with Crippen molar-refractivity contribution in [3.05, 3.63) is 30.6 Å². The summed E-state index contributed by atoms with van der Waals surface area (Å²) in [6.45, 7) is 4.16. The first-order valence-corrected chi connectivity index (χ1v) is 7.09. The molecule has 0 spiro atoms.